The summed E-state index contributed by atoms with van der Waals surface area (Å²) >= 11 is 0. The molecule has 0 aliphatic carbocycles. The number of sulfonamides is 1. The Kier molecular flexibility index (Phi) is 7.82. The van der Waals surface area contributed by atoms with Crippen molar-refractivity contribution >= 4 is 33.3 Å². The van der Waals surface area contributed by atoms with Crippen LogP contribution in [0.15, 0.2) is 48.5 Å². The van der Waals surface area contributed by atoms with Crippen molar-refractivity contribution in [3.63, 3.8) is 0 Å². The van der Waals surface area contributed by atoms with Crippen LogP contribution in [0.4, 0.5) is 11.4 Å². The van der Waals surface area contributed by atoms with E-state index in [0.717, 1.165) is 10.6 Å². The number of carbonyl (C=O) groups is 2. The molecule has 0 aliphatic heterocycles. The standard InChI is InChI=1S/C21H26N2O6S/c1-5-19(29-18-13-11-17(12-14-18)23(3)30(4,26)27)20(24)22-16-9-7-15(8-10-16)21(25)28-6-2/h7-14,19H,5-6H2,1-4H3,(H,22,24)/t19-/m1/s1. The van der Waals surface area contributed by atoms with E-state index < -0.39 is 22.1 Å². The number of ether oxygens (including phenoxy) is 2. The number of benzene rings is 2. The van der Waals surface area contributed by atoms with Crippen LogP contribution in [-0.4, -0.2) is 46.3 Å². The Morgan fingerprint density at radius 1 is 1.03 bits per heavy atom. The first-order valence-corrected chi connectivity index (χ1v) is 11.3. The number of esters is 1. The first-order valence-electron chi connectivity index (χ1n) is 9.44. The van der Waals surface area contributed by atoms with Crippen molar-refractivity contribution in [2.45, 2.75) is 26.4 Å². The topological polar surface area (TPSA) is 102 Å². The van der Waals surface area contributed by atoms with Crippen LogP contribution in [0, 0.1) is 0 Å². The van der Waals surface area contributed by atoms with Gasteiger partial charge < -0.3 is 14.8 Å². The van der Waals surface area contributed by atoms with Crippen LogP contribution < -0.4 is 14.4 Å². The highest BCUT2D eigenvalue weighted by molar-refractivity contribution is 7.92. The van der Waals surface area contributed by atoms with Gasteiger partial charge in [-0.3, -0.25) is 9.10 Å². The third-order valence-electron chi connectivity index (χ3n) is 4.30. The van der Waals surface area contributed by atoms with Gasteiger partial charge in [0.15, 0.2) is 6.10 Å². The fraction of sp³-hybridized carbons (Fsp3) is 0.333. The second-order valence-corrected chi connectivity index (χ2v) is 8.54. The molecule has 2 aromatic carbocycles. The Morgan fingerprint density at radius 3 is 2.13 bits per heavy atom. The summed E-state index contributed by atoms with van der Waals surface area (Å²) in [7, 11) is -1.90. The van der Waals surface area contributed by atoms with Crippen molar-refractivity contribution in [3.05, 3.63) is 54.1 Å². The lowest BCUT2D eigenvalue weighted by molar-refractivity contribution is -0.122. The summed E-state index contributed by atoms with van der Waals surface area (Å²) < 4.78 is 35.1. The quantitative estimate of drug-likeness (QED) is 0.609. The largest absolute Gasteiger partial charge is 0.481 e. The lowest BCUT2D eigenvalue weighted by atomic mass is 10.2. The first-order chi connectivity index (χ1) is 14.2. The number of nitrogens with zero attached hydrogens (tertiary/aromatic N) is 1. The normalized spacial score (nSPS) is 12.0. The molecule has 0 unspecified atom stereocenters. The number of hydrogen-bond acceptors (Lipinski definition) is 6. The fourth-order valence-corrected chi connectivity index (χ4v) is 3.04. The zero-order valence-corrected chi connectivity index (χ0v) is 18.2. The van der Waals surface area contributed by atoms with Gasteiger partial charge in [-0.25, -0.2) is 13.2 Å². The molecule has 0 radical (unpaired) electrons. The van der Waals surface area contributed by atoms with E-state index >= 15 is 0 Å². The average molecular weight is 435 g/mol. The number of anilines is 2. The number of rotatable bonds is 9. The molecule has 0 aliphatic rings. The number of nitrogens with one attached hydrogen (secondary N) is 1. The summed E-state index contributed by atoms with van der Waals surface area (Å²) in [5, 5.41) is 2.76. The second kappa shape index (κ2) is 10.1. The molecule has 1 amide bonds. The molecule has 0 aromatic heterocycles. The number of hydrogen-bond donors (Lipinski definition) is 1. The predicted molar refractivity (Wildman–Crippen MR) is 115 cm³/mol. The Balaban J connectivity index is 2.02. The summed E-state index contributed by atoms with van der Waals surface area (Å²) in [4.78, 5) is 24.3. The van der Waals surface area contributed by atoms with Gasteiger partial charge in [0.25, 0.3) is 5.91 Å². The lowest BCUT2D eigenvalue weighted by Gasteiger charge is -2.19. The van der Waals surface area contributed by atoms with Crippen LogP contribution in [0.25, 0.3) is 0 Å². The average Bonchev–Trinajstić information content (AvgIpc) is 2.71. The molecule has 0 spiro atoms. The van der Waals surface area contributed by atoms with Gasteiger partial charge in [-0.05, 0) is 61.9 Å². The third-order valence-corrected chi connectivity index (χ3v) is 5.51. The van der Waals surface area contributed by atoms with E-state index in [1.165, 1.54) is 7.05 Å². The predicted octanol–water partition coefficient (Wildman–Crippen LogP) is 3.06. The molecule has 0 bridgehead atoms. The maximum atomic E-state index is 12.6. The molecule has 1 atom stereocenters. The van der Waals surface area contributed by atoms with Crippen LogP contribution in [0.2, 0.25) is 0 Å². The molecular formula is C21H26N2O6S. The van der Waals surface area contributed by atoms with Crippen molar-refractivity contribution in [3.8, 4) is 5.75 Å². The fourth-order valence-electron chi connectivity index (χ4n) is 2.54. The molecule has 9 heteroatoms. The van der Waals surface area contributed by atoms with Gasteiger partial charge in [0.1, 0.15) is 5.75 Å². The molecule has 0 saturated carbocycles. The van der Waals surface area contributed by atoms with E-state index in [4.69, 9.17) is 9.47 Å². The van der Waals surface area contributed by atoms with E-state index in [1.54, 1.807) is 55.5 Å². The van der Waals surface area contributed by atoms with Crippen molar-refractivity contribution in [1.29, 1.82) is 0 Å². The SMILES string of the molecule is CCOC(=O)c1ccc(NC(=O)[C@@H](CC)Oc2ccc(N(C)S(C)(=O)=O)cc2)cc1. The van der Waals surface area contributed by atoms with Gasteiger partial charge in [0.05, 0.1) is 24.1 Å². The summed E-state index contributed by atoms with van der Waals surface area (Å²) in [6, 6.07) is 12.8. The molecule has 0 fully saturated rings. The number of carbonyl (C=O) groups excluding carboxylic acids is 2. The van der Waals surface area contributed by atoms with Gasteiger partial charge in [0.2, 0.25) is 10.0 Å². The molecule has 162 valence electrons. The molecule has 1 N–H and O–H groups in total. The molecule has 8 nitrogen and oxygen atoms in total. The van der Waals surface area contributed by atoms with Gasteiger partial charge >= 0.3 is 5.97 Å². The third kappa shape index (κ3) is 6.21. The minimum absolute atomic E-state index is 0.290. The Morgan fingerprint density at radius 2 is 1.63 bits per heavy atom. The summed E-state index contributed by atoms with van der Waals surface area (Å²) in [6.07, 6.45) is 0.805. The minimum Gasteiger partial charge on any atom is -0.481 e. The highest BCUT2D eigenvalue weighted by Gasteiger charge is 2.19. The van der Waals surface area contributed by atoms with E-state index in [1.807, 2.05) is 6.92 Å². The molecule has 0 heterocycles. The van der Waals surface area contributed by atoms with Gasteiger partial charge in [-0.1, -0.05) is 6.92 Å². The van der Waals surface area contributed by atoms with Crippen molar-refractivity contribution in [1.82, 2.24) is 0 Å². The van der Waals surface area contributed by atoms with Crippen LogP contribution >= 0.6 is 0 Å². The van der Waals surface area contributed by atoms with Gasteiger partial charge in [-0.2, -0.15) is 0 Å². The van der Waals surface area contributed by atoms with Crippen molar-refractivity contribution < 1.29 is 27.5 Å². The second-order valence-electron chi connectivity index (χ2n) is 6.53. The van der Waals surface area contributed by atoms with Gasteiger partial charge in [0, 0.05) is 12.7 Å². The zero-order chi connectivity index (χ0) is 22.3. The zero-order valence-electron chi connectivity index (χ0n) is 17.4. The van der Waals surface area contributed by atoms with E-state index in [0.29, 0.717) is 35.7 Å². The molecule has 2 rings (SSSR count). The number of amides is 1. The Bertz CT molecular complexity index is 972. The van der Waals surface area contributed by atoms with Crippen molar-refractivity contribution in [2.24, 2.45) is 0 Å². The highest BCUT2D eigenvalue weighted by Crippen LogP contribution is 2.22. The lowest BCUT2D eigenvalue weighted by Crippen LogP contribution is -2.32. The van der Waals surface area contributed by atoms with E-state index in [-0.39, 0.29) is 5.91 Å². The van der Waals surface area contributed by atoms with Gasteiger partial charge in [-0.15, -0.1) is 0 Å². The monoisotopic (exact) mass is 434 g/mol. The minimum atomic E-state index is -3.36. The van der Waals surface area contributed by atoms with Crippen LogP contribution in [0.5, 0.6) is 5.75 Å². The smallest absolute Gasteiger partial charge is 0.338 e. The molecule has 0 saturated heterocycles. The van der Waals surface area contributed by atoms with Crippen molar-refractivity contribution in [2.75, 3.05) is 29.5 Å². The summed E-state index contributed by atoms with van der Waals surface area (Å²) in [5.41, 5.74) is 1.42. The first kappa shape index (κ1) is 23.2. The summed E-state index contributed by atoms with van der Waals surface area (Å²) in [6.45, 7) is 3.84. The van der Waals surface area contributed by atoms with Crippen LogP contribution in [0.1, 0.15) is 30.6 Å². The van der Waals surface area contributed by atoms with Crippen LogP contribution in [-0.2, 0) is 19.6 Å². The van der Waals surface area contributed by atoms with E-state index in [2.05, 4.69) is 5.32 Å². The Hall–Kier alpha value is -3.07. The van der Waals surface area contributed by atoms with E-state index in [9.17, 15) is 18.0 Å². The Labute approximate surface area is 176 Å². The molecular weight excluding hydrogens is 408 g/mol. The highest BCUT2D eigenvalue weighted by atomic mass is 32.2. The van der Waals surface area contributed by atoms with Crippen LogP contribution in [0.3, 0.4) is 0 Å². The molecule has 2 aromatic rings. The molecule has 30 heavy (non-hydrogen) atoms. The maximum absolute atomic E-state index is 12.6. The maximum Gasteiger partial charge on any atom is 0.338 e. The summed E-state index contributed by atoms with van der Waals surface area (Å²) in [5.74, 6) is -0.311.